The van der Waals surface area contributed by atoms with Gasteiger partial charge in [0.15, 0.2) is 12.0 Å². The number of hydrogen-bond acceptors (Lipinski definition) is 25. The van der Waals surface area contributed by atoms with E-state index in [2.05, 4.69) is 35.4 Å². The standard InChI is InChI=1S/C21H19F3N4O3.C14H14F3NO5.C14H16F3NO4.C13H16F3NO2.C11H14N2O2.C9H8F3NO2.C8H6F3NO3/c1-30-17-7-6-16(21(22,23)24)15-12-25-20(27-18(15)17)26-14-4-2-13(3-5-14)19(29)28-8-10-31-11-9-28;1-7(19)18(8(2)20)12-10(22-3)6-5-9(14(15,16)17)11(12)13(21)23-4;1-13(2,3)12(21)18-10-8(22-4)6-5-7(14(15,16)17)9(10)11(19)20;1-12(2,3)11(18)17-9-7-8(13(14,15)16)5-6-10(9)19-4;12-10-3-1-9(2-4-10)11(14)13-5-7-15-8-6-13;1-15-7-3-2-6(9(10,11)12)5(4-14)8(7)13;1-15-7-3-2-5(8(9,10)11)4-6(7)12(13)14/h2-7,12H,8-11H2,1H3,(H,25,26,27);5-6H,1-4H3;5-6H,1-4H3,(H,18,21)(H,19,20);5-7H,1-4H3,(H,17,18);1-4H,5-8,12H2;2-4H,13H2,1H3;2-4H,1H3. The predicted molar refractivity (Wildman–Crippen MR) is 470 cm³/mol. The number of nitrogens with one attached hydrogen (secondary N) is 3. The van der Waals surface area contributed by atoms with E-state index in [1.165, 1.54) is 40.6 Å². The van der Waals surface area contributed by atoms with Crippen LogP contribution < -0.4 is 60.7 Å². The van der Waals surface area contributed by atoms with Crippen molar-refractivity contribution < 1.29 is 175 Å². The number of aromatic carboxylic acids is 1. The Bertz CT molecular complexity index is 5880. The van der Waals surface area contributed by atoms with E-state index in [0.717, 1.165) is 96.0 Å². The number of methoxy groups -OCH3 is 7. The molecular formula is C90H93F18N11O21. The summed E-state index contributed by atoms with van der Waals surface area (Å²) in [5, 5.41) is 27.0. The number of carbonyl (C=O) groups is 9. The number of esters is 1. The number of fused-ring (bicyclic) bond motifs is 1. The highest BCUT2D eigenvalue weighted by atomic mass is 19.4. The number of nitrogen functional groups attached to an aromatic ring is 2. The number of carbonyl (C=O) groups excluding carboxylic acids is 8. The number of imide groups is 1. The van der Waals surface area contributed by atoms with Crippen molar-refractivity contribution in [2.45, 2.75) is 92.4 Å². The number of morpholine rings is 2. The minimum Gasteiger partial charge on any atom is -0.495 e. The molecule has 0 bridgehead atoms. The Balaban J connectivity index is 0.000000293. The van der Waals surface area contributed by atoms with E-state index in [-0.39, 0.29) is 86.7 Å². The average Bonchev–Trinajstić information content (AvgIpc) is 0.772. The van der Waals surface area contributed by atoms with Crippen molar-refractivity contribution in [3.8, 4) is 34.5 Å². The lowest BCUT2D eigenvalue weighted by Gasteiger charge is -2.26. The zero-order valence-electron chi connectivity index (χ0n) is 76.8. The molecule has 0 radical (unpaired) electrons. The summed E-state index contributed by atoms with van der Waals surface area (Å²) in [5.74, 6) is -6.01. The number of amides is 6. The molecule has 0 atom stereocenters. The molecule has 2 aliphatic heterocycles. The fraction of sp³-hybridized carbons (Fsp3) is 0.344. The van der Waals surface area contributed by atoms with Crippen LogP contribution in [0.25, 0.3) is 10.9 Å². The van der Waals surface area contributed by atoms with Crippen LogP contribution >= 0.6 is 0 Å². The van der Waals surface area contributed by atoms with Crippen molar-refractivity contribution in [1.82, 2.24) is 19.8 Å². The zero-order valence-corrected chi connectivity index (χ0v) is 76.8. The number of nitrogens with zero attached hydrogens (tertiary/aromatic N) is 6. The highest BCUT2D eigenvalue weighted by molar-refractivity contribution is 6.18. The minimum absolute atomic E-state index is 0.0113. The van der Waals surface area contributed by atoms with Gasteiger partial charge in [0.1, 0.15) is 40.0 Å². The van der Waals surface area contributed by atoms with E-state index in [1.807, 2.05) is 0 Å². The summed E-state index contributed by atoms with van der Waals surface area (Å²) >= 11 is 0. The van der Waals surface area contributed by atoms with E-state index in [9.17, 15) is 132 Å². The van der Waals surface area contributed by atoms with Gasteiger partial charge in [0, 0.05) is 91.0 Å². The van der Waals surface area contributed by atoms with Gasteiger partial charge in [-0.1, -0.05) is 41.5 Å². The molecule has 140 heavy (non-hydrogen) atoms. The Labute approximate surface area is 785 Å². The number of nitro benzene ring substituents is 1. The van der Waals surface area contributed by atoms with Crippen molar-refractivity contribution >= 4 is 110 Å². The number of ether oxygens (including phenoxy) is 9. The van der Waals surface area contributed by atoms with Crippen LogP contribution in [0.3, 0.4) is 0 Å². The van der Waals surface area contributed by atoms with E-state index >= 15 is 0 Å². The molecular weight excluding hydrogens is 1910 g/mol. The van der Waals surface area contributed by atoms with Crippen LogP contribution in [-0.4, -0.2) is 186 Å². The third-order valence-corrected chi connectivity index (χ3v) is 19.2. The highest BCUT2D eigenvalue weighted by Crippen LogP contribution is 2.46. The number of aromatic nitrogens is 2. The maximum Gasteiger partial charge on any atom is 0.417 e. The van der Waals surface area contributed by atoms with Gasteiger partial charge < -0.3 is 85.0 Å². The lowest BCUT2D eigenvalue weighted by atomic mass is 9.95. The number of halogens is 18. The molecule has 0 saturated carbocycles. The molecule has 32 nitrogen and oxygen atoms in total. The topological polar surface area (TPSA) is 424 Å². The van der Waals surface area contributed by atoms with Crippen LogP contribution in [0.4, 0.5) is 125 Å². The molecule has 2 fully saturated rings. The first-order valence-electron chi connectivity index (χ1n) is 40.3. The Morgan fingerprint density at radius 2 is 0.879 bits per heavy atom. The number of hydrogen-bond donors (Lipinski definition) is 6. The summed E-state index contributed by atoms with van der Waals surface area (Å²) in [6.07, 6.45) is -26.8. The van der Waals surface area contributed by atoms with Gasteiger partial charge in [-0.2, -0.15) is 79.0 Å². The molecule has 0 aliphatic carbocycles. The van der Waals surface area contributed by atoms with Gasteiger partial charge in [0.05, 0.1) is 148 Å². The lowest BCUT2D eigenvalue weighted by Crippen LogP contribution is -2.40. The van der Waals surface area contributed by atoms with E-state index in [0.29, 0.717) is 98.2 Å². The number of rotatable bonds is 17. The Morgan fingerprint density at radius 1 is 0.486 bits per heavy atom. The fourth-order valence-electron chi connectivity index (χ4n) is 12.1. The molecule has 1 aromatic heterocycles. The van der Waals surface area contributed by atoms with Crippen molar-refractivity contribution in [2.75, 3.05) is 135 Å². The average molecular weight is 2010 g/mol. The molecule has 50 heteroatoms. The number of aldehydes is 1. The third-order valence-electron chi connectivity index (χ3n) is 19.2. The molecule has 6 amide bonds. The van der Waals surface area contributed by atoms with Crippen LogP contribution in [0.2, 0.25) is 0 Å². The van der Waals surface area contributed by atoms with Crippen LogP contribution in [0.5, 0.6) is 34.5 Å². The fourth-order valence-corrected chi connectivity index (χ4v) is 12.1. The number of benzene rings is 8. The summed E-state index contributed by atoms with van der Waals surface area (Å²) in [7, 11) is 8.28. The Hall–Kier alpha value is -15.0. The van der Waals surface area contributed by atoms with Gasteiger partial charge in [-0.05, 0) is 127 Å². The van der Waals surface area contributed by atoms with Gasteiger partial charge in [-0.25, -0.2) is 24.5 Å². The van der Waals surface area contributed by atoms with Crippen LogP contribution in [-0.2, 0) is 70.4 Å². The monoisotopic (exact) mass is 2010 g/mol. The van der Waals surface area contributed by atoms with E-state index in [1.54, 1.807) is 99.9 Å². The summed E-state index contributed by atoms with van der Waals surface area (Å²) in [6, 6.07) is 25.9. The lowest BCUT2D eigenvalue weighted by molar-refractivity contribution is -0.386. The third kappa shape index (κ3) is 31.8. The Kier molecular flexibility index (Phi) is 40.3. The maximum atomic E-state index is 13.3. The van der Waals surface area contributed by atoms with Crippen molar-refractivity contribution in [3.05, 3.63) is 211 Å². The number of carboxylic acid groups (broad SMARTS) is 1. The summed E-state index contributed by atoms with van der Waals surface area (Å²) in [4.78, 5) is 127. The first-order chi connectivity index (χ1) is 64.9. The summed E-state index contributed by atoms with van der Waals surface area (Å²) in [5.41, 5.74) is 0.585. The summed E-state index contributed by atoms with van der Waals surface area (Å²) in [6.45, 7) is 16.3. The highest BCUT2D eigenvalue weighted by Gasteiger charge is 2.44. The minimum atomic E-state index is -4.90. The number of carboxylic acids is 1. The molecule has 2 saturated heterocycles. The second-order valence-electron chi connectivity index (χ2n) is 30.9. The first-order valence-corrected chi connectivity index (χ1v) is 40.3. The smallest absolute Gasteiger partial charge is 0.417 e. The molecule has 8 aromatic carbocycles. The molecule has 11 rings (SSSR count). The van der Waals surface area contributed by atoms with Crippen LogP contribution in [0.15, 0.2) is 140 Å². The molecule has 0 unspecified atom stereocenters. The maximum absolute atomic E-state index is 13.3. The van der Waals surface area contributed by atoms with Crippen molar-refractivity contribution in [1.29, 1.82) is 0 Å². The summed E-state index contributed by atoms with van der Waals surface area (Å²) < 4.78 is 274. The number of alkyl halides is 18. The Morgan fingerprint density at radius 3 is 1.29 bits per heavy atom. The number of nitro groups is 1. The molecule has 9 aromatic rings. The van der Waals surface area contributed by atoms with Gasteiger partial charge in [-0.15, -0.1) is 0 Å². The zero-order chi connectivity index (χ0) is 106. The quantitative estimate of drug-likeness (QED) is 0.0123. The van der Waals surface area contributed by atoms with Gasteiger partial charge in [-0.3, -0.25) is 43.7 Å². The largest absolute Gasteiger partial charge is 0.495 e. The molecule has 760 valence electrons. The van der Waals surface area contributed by atoms with Crippen LogP contribution in [0.1, 0.15) is 141 Å². The second-order valence-corrected chi connectivity index (χ2v) is 30.9. The number of nitrogens with two attached hydrogens (primary N) is 2. The number of anilines is 7. The second kappa shape index (κ2) is 48.8. The SMILES string of the molecule is COC(=O)c1c(C(F)(F)F)ccc(OC)c1N(C(C)=O)C(C)=O.COc1ccc(C(F)(F)F)c(C(=O)O)c1NC(=O)C(C)(C)C.COc1ccc(C(F)(F)F)c(C=O)c1N.COc1ccc(C(F)(F)F)c2cnc(Nc3ccc(C(=O)N4CCOCC4)cc3)nc12.COc1ccc(C(F)(F)F)cc1NC(=O)C(C)(C)C.COc1ccc(C(F)(F)F)cc1[N+](=O)[O-].Nc1ccc(C(=O)N2CCOCC2)cc1. The van der Waals surface area contributed by atoms with E-state index in [4.69, 9.17) is 49.7 Å². The van der Waals surface area contributed by atoms with Gasteiger partial charge in [0.25, 0.3) is 11.8 Å². The van der Waals surface area contributed by atoms with Crippen molar-refractivity contribution in [2.24, 2.45) is 10.8 Å². The predicted octanol–water partition coefficient (Wildman–Crippen LogP) is 18.8. The first kappa shape index (κ1) is 115. The van der Waals surface area contributed by atoms with E-state index < -0.39 is 150 Å². The molecule has 3 heterocycles. The van der Waals surface area contributed by atoms with Gasteiger partial charge in [0.2, 0.25) is 29.6 Å². The molecule has 0 spiro atoms. The van der Waals surface area contributed by atoms with Gasteiger partial charge >= 0.3 is 54.7 Å². The normalized spacial score (nSPS) is 12.7. The van der Waals surface area contributed by atoms with Crippen molar-refractivity contribution in [3.63, 3.8) is 0 Å². The molecule has 2 aliphatic rings. The molecule has 8 N–H and O–H groups in total. The van der Waals surface area contributed by atoms with Crippen LogP contribution in [0, 0.1) is 20.9 Å².